The molecule has 4 rings (SSSR count). The Bertz CT molecular complexity index is 1140. The maximum absolute atomic E-state index is 12.5. The molecule has 0 saturated carbocycles. The van der Waals surface area contributed by atoms with Gasteiger partial charge in [-0.3, -0.25) is 20.2 Å². The Hall–Kier alpha value is -1.90. The van der Waals surface area contributed by atoms with Crippen molar-refractivity contribution in [2.75, 3.05) is 10.6 Å². The molecule has 0 aliphatic rings. The molecule has 2 aromatic heterocycles. The first-order chi connectivity index (χ1) is 14.5. The lowest BCUT2D eigenvalue weighted by molar-refractivity contribution is 0.101. The minimum Gasteiger partial charge on any atom is -0.298 e. The molecule has 0 atom stereocenters. The Labute approximate surface area is 207 Å². The molecule has 10 heteroatoms. The van der Waals surface area contributed by atoms with Gasteiger partial charge < -0.3 is 0 Å². The average molecular weight is 658 g/mol. The summed E-state index contributed by atoms with van der Waals surface area (Å²) in [6, 6.07) is 14.7. The van der Waals surface area contributed by atoms with E-state index in [1.165, 1.54) is 22.7 Å². The van der Waals surface area contributed by atoms with Crippen LogP contribution in [-0.4, -0.2) is 21.8 Å². The van der Waals surface area contributed by atoms with Crippen LogP contribution in [0.5, 0.6) is 0 Å². The number of benzene rings is 2. The highest BCUT2D eigenvalue weighted by molar-refractivity contribution is 14.1. The summed E-state index contributed by atoms with van der Waals surface area (Å²) in [5.74, 6) is -0.408. The smallest absolute Gasteiger partial charge is 0.258 e. The molecule has 2 amide bonds. The maximum atomic E-state index is 12.5. The van der Waals surface area contributed by atoms with Gasteiger partial charge in [-0.15, -0.1) is 22.7 Å². The van der Waals surface area contributed by atoms with Crippen LogP contribution in [-0.2, 0) is 0 Å². The molecule has 4 aromatic rings. The van der Waals surface area contributed by atoms with Crippen LogP contribution >= 0.6 is 67.9 Å². The van der Waals surface area contributed by atoms with Crippen molar-refractivity contribution >= 4 is 89.9 Å². The molecule has 0 unspecified atom stereocenters. The predicted octanol–water partition coefficient (Wildman–Crippen LogP) is 5.98. The molecular formula is C20H12I2N4O2S2. The van der Waals surface area contributed by atoms with Gasteiger partial charge in [-0.05, 0) is 69.4 Å². The van der Waals surface area contributed by atoms with E-state index in [0.29, 0.717) is 32.8 Å². The SMILES string of the molecule is O=C(Nc1nc(-c2csc(NC(=O)c3ccccc3I)n2)cs1)c1ccccc1I. The van der Waals surface area contributed by atoms with Gasteiger partial charge in [-0.25, -0.2) is 9.97 Å². The fourth-order valence-corrected chi connectivity index (χ4v) is 5.18. The molecule has 2 aromatic carbocycles. The van der Waals surface area contributed by atoms with Crippen LogP contribution in [0.1, 0.15) is 20.7 Å². The highest BCUT2D eigenvalue weighted by atomic mass is 127. The minimum absolute atomic E-state index is 0.204. The summed E-state index contributed by atoms with van der Waals surface area (Å²) < 4.78 is 1.75. The van der Waals surface area contributed by atoms with E-state index in [0.717, 1.165) is 7.14 Å². The largest absolute Gasteiger partial charge is 0.298 e. The van der Waals surface area contributed by atoms with Crippen LogP contribution in [0.3, 0.4) is 0 Å². The molecule has 0 radical (unpaired) electrons. The van der Waals surface area contributed by atoms with Crippen molar-refractivity contribution in [3.05, 3.63) is 77.6 Å². The number of thiazole rings is 2. The van der Waals surface area contributed by atoms with Crippen molar-refractivity contribution in [2.45, 2.75) is 0 Å². The Morgan fingerprint density at radius 2 is 1.10 bits per heavy atom. The summed E-state index contributed by atoms with van der Waals surface area (Å²) in [6.07, 6.45) is 0. The van der Waals surface area contributed by atoms with Crippen molar-refractivity contribution in [1.82, 2.24) is 9.97 Å². The number of nitrogens with zero attached hydrogens (tertiary/aromatic N) is 2. The number of hydrogen-bond acceptors (Lipinski definition) is 6. The van der Waals surface area contributed by atoms with Crippen LogP contribution in [0.25, 0.3) is 11.4 Å². The fourth-order valence-electron chi connectivity index (χ4n) is 2.52. The van der Waals surface area contributed by atoms with Gasteiger partial charge in [0.2, 0.25) is 0 Å². The summed E-state index contributed by atoms with van der Waals surface area (Å²) in [5, 5.41) is 10.3. The first-order valence-corrected chi connectivity index (χ1v) is 12.5. The zero-order valence-corrected chi connectivity index (χ0v) is 21.0. The highest BCUT2D eigenvalue weighted by Gasteiger charge is 2.15. The van der Waals surface area contributed by atoms with Crippen LogP contribution in [0.2, 0.25) is 0 Å². The first-order valence-electron chi connectivity index (χ1n) is 8.54. The van der Waals surface area contributed by atoms with E-state index in [1.54, 1.807) is 12.1 Å². The van der Waals surface area contributed by atoms with Crippen molar-refractivity contribution in [2.24, 2.45) is 0 Å². The van der Waals surface area contributed by atoms with Crippen molar-refractivity contribution < 1.29 is 9.59 Å². The molecule has 0 spiro atoms. The van der Waals surface area contributed by atoms with Crippen LogP contribution in [0.4, 0.5) is 10.3 Å². The van der Waals surface area contributed by atoms with Crippen LogP contribution < -0.4 is 10.6 Å². The number of nitrogens with one attached hydrogen (secondary N) is 2. The highest BCUT2D eigenvalue weighted by Crippen LogP contribution is 2.29. The van der Waals surface area contributed by atoms with Gasteiger partial charge in [0.15, 0.2) is 10.3 Å². The Morgan fingerprint density at radius 3 is 1.50 bits per heavy atom. The zero-order valence-electron chi connectivity index (χ0n) is 15.1. The summed E-state index contributed by atoms with van der Waals surface area (Å²) in [6.45, 7) is 0. The lowest BCUT2D eigenvalue weighted by Crippen LogP contribution is -2.13. The second kappa shape index (κ2) is 9.49. The van der Waals surface area contributed by atoms with Gasteiger partial charge in [0.1, 0.15) is 11.4 Å². The molecular weight excluding hydrogens is 646 g/mol. The second-order valence-corrected chi connectivity index (χ2v) is 9.98. The molecule has 2 N–H and O–H groups in total. The van der Waals surface area contributed by atoms with Gasteiger partial charge in [-0.1, -0.05) is 24.3 Å². The number of amides is 2. The van der Waals surface area contributed by atoms with E-state index >= 15 is 0 Å². The standard InChI is InChI=1S/C20H12I2N4O2S2/c21-13-7-3-1-5-11(13)17(27)25-19-23-15(9-29-19)16-10-30-20(24-16)26-18(28)12-6-2-4-8-14(12)22/h1-10H,(H,23,25,27)(H,24,26,28). The third kappa shape index (κ3) is 4.87. The maximum Gasteiger partial charge on any atom is 0.258 e. The normalized spacial score (nSPS) is 10.6. The summed E-state index contributed by atoms with van der Waals surface area (Å²) >= 11 is 6.91. The topological polar surface area (TPSA) is 84.0 Å². The molecule has 150 valence electrons. The van der Waals surface area contributed by atoms with Crippen LogP contribution in [0.15, 0.2) is 59.3 Å². The first kappa shape index (κ1) is 21.3. The molecule has 0 bridgehead atoms. The number of halogens is 2. The Kier molecular flexibility index (Phi) is 6.75. The van der Waals surface area contributed by atoms with E-state index < -0.39 is 0 Å². The molecule has 0 aliphatic carbocycles. The number of aromatic nitrogens is 2. The molecule has 6 nitrogen and oxygen atoms in total. The third-order valence-corrected chi connectivity index (χ3v) is 7.35. The van der Waals surface area contributed by atoms with Crippen molar-refractivity contribution in [3.8, 4) is 11.4 Å². The molecule has 2 heterocycles. The molecule has 0 fully saturated rings. The van der Waals surface area contributed by atoms with Crippen molar-refractivity contribution in [3.63, 3.8) is 0 Å². The lowest BCUT2D eigenvalue weighted by atomic mass is 10.2. The molecule has 0 aliphatic heterocycles. The number of carbonyl (C=O) groups is 2. The van der Waals surface area contributed by atoms with E-state index in [9.17, 15) is 9.59 Å². The summed E-state index contributed by atoms with van der Waals surface area (Å²) in [4.78, 5) is 33.8. The summed E-state index contributed by atoms with van der Waals surface area (Å²) in [5.41, 5.74) is 2.49. The minimum atomic E-state index is -0.204. The molecule has 30 heavy (non-hydrogen) atoms. The van der Waals surface area contributed by atoms with Gasteiger partial charge >= 0.3 is 0 Å². The van der Waals surface area contributed by atoms with Gasteiger partial charge in [0.25, 0.3) is 11.8 Å². The van der Waals surface area contributed by atoms with E-state index in [-0.39, 0.29) is 11.8 Å². The quantitative estimate of drug-likeness (QED) is 0.259. The average Bonchev–Trinajstić information content (AvgIpc) is 3.38. The Balaban J connectivity index is 1.45. The Morgan fingerprint density at radius 1 is 0.700 bits per heavy atom. The zero-order chi connectivity index (χ0) is 21.1. The van der Waals surface area contributed by atoms with E-state index in [1.807, 2.05) is 47.2 Å². The number of anilines is 2. The summed E-state index contributed by atoms with van der Waals surface area (Å²) in [7, 11) is 0. The van der Waals surface area contributed by atoms with Crippen LogP contribution in [0, 0.1) is 7.14 Å². The third-order valence-electron chi connectivity index (χ3n) is 3.95. The van der Waals surface area contributed by atoms with Crippen molar-refractivity contribution in [1.29, 1.82) is 0 Å². The number of carbonyl (C=O) groups excluding carboxylic acids is 2. The number of rotatable bonds is 5. The van der Waals surface area contributed by atoms with Gasteiger partial charge in [0, 0.05) is 17.9 Å². The lowest BCUT2D eigenvalue weighted by Gasteiger charge is -2.03. The fraction of sp³-hybridized carbons (Fsp3) is 0. The predicted molar refractivity (Wildman–Crippen MR) is 137 cm³/mol. The molecule has 0 saturated heterocycles. The second-order valence-electron chi connectivity index (χ2n) is 5.94. The monoisotopic (exact) mass is 658 g/mol. The van der Waals surface area contributed by atoms with E-state index in [2.05, 4.69) is 65.8 Å². The number of hydrogen-bond donors (Lipinski definition) is 2. The van der Waals surface area contributed by atoms with E-state index in [4.69, 9.17) is 0 Å². The van der Waals surface area contributed by atoms with Gasteiger partial charge in [0.05, 0.1) is 11.1 Å². The van der Waals surface area contributed by atoms with Gasteiger partial charge in [-0.2, -0.15) is 0 Å².